The predicted octanol–water partition coefficient (Wildman–Crippen LogP) is 3.25. The third-order valence-electron chi connectivity index (χ3n) is 5.76. The molecule has 4 amide bonds. The highest BCUT2D eigenvalue weighted by atomic mass is 16.2. The first-order valence-corrected chi connectivity index (χ1v) is 9.88. The lowest BCUT2D eigenvalue weighted by molar-refractivity contribution is 0.0692. The summed E-state index contributed by atoms with van der Waals surface area (Å²) in [5.74, 6) is -2.24. The van der Waals surface area contributed by atoms with Gasteiger partial charge < -0.3 is 0 Å². The quantitative estimate of drug-likeness (QED) is 0.475. The summed E-state index contributed by atoms with van der Waals surface area (Å²) in [6.07, 6.45) is 0. The monoisotopic (exact) mass is 424 g/mol. The summed E-state index contributed by atoms with van der Waals surface area (Å²) in [7, 11) is 1.38. The second-order valence-electron chi connectivity index (χ2n) is 7.80. The molecule has 7 heteroatoms. The number of nitrogens with zero attached hydrogens (tertiary/aromatic N) is 2. The Balaban J connectivity index is 1.51. The van der Waals surface area contributed by atoms with E-state index in [2.05, 4.69) is 0 Å². The highest BCUT2D eigenvalue weighted by Crippen LogP contribution is 2.30. The zero-order chi connectivity index (χ0) is 22.7. The molecule has 0 atom stereocenters. The van der Waals surface area contributed by atoms with Crippen molar-refractivity contribution in [2.24, 2.45) is 0 Å². The third-order valence-corrected chi connectivity index (χ3v) is 5.76. The van der Waals surface area contributed by atoms with Crippen molar-refractivity contribution in [2.75, 3.05) is 11.9 Å². The fraction of sp³-hybridized carbons (Fsp3) is 0.0800. The Morgan fingerprint density at radius 3 is 1.81 bits per heavy atom. The van der Waals surface area contributed by atoms with E-state index in [1.165, 1.54) is 43.4 Å². The van der Waals surface area contributed by atoms with E-state index in [-0.39, 0.29) is 33.4 Å². The number of hydrogen-bond acceptors (Lipinski definition) is 5. The average Bonchev–Trinajstić information content (AvgIpc) is 3.17. The highest BCUT2D eigenvalue weighted by molar-refractivity contribution is 6.35. The Morgan fingerprint density at radius 2 is 1.19 bits per heavy atom. The molecule has 2 aliphatic rings. The molecular formula is C25H16N2O5. The van der Waals surface area contributed by atoms with Crippen molar-refractivity contribution in [3.05, 3.63) is 99.6 Å². The van der Waals surface area contributed by atoms with Gasteiger partial charge in [0.25, 0.3) is 23.6 Å². The van der Waals surface area contributed by atoms with E-state index in [0.717, 1.165) is 15.4 Å². The minimum Gasteiger partial charge on any atom is -0.289 e. The molecule has 0 saturated heterocycles. The van der Waals surface area contributed by atoms with Crippen LogP contribution in [0, 0.1) is 6.92 Å². The molecule has 32 heavy (non-hydrogen) atoms. The maximum Gasteiger partial charge on any atom is 0.266 e. The Bertz CT molecular complexity index is 1410. The van der Waals surface area contributed by atoms with Crippen LogP contribution in [0.4, 0.5) is 5.69 Å². The molecule has 0 aliphatic carbocycles. The van der Waals surface area contributed by atoms with E-state index < -0.39 is 29.4 Å². The zero-order valence-corrected chi connectivity index (χ0v) is 17.2. The Labute approximate surface area is 182 Å². The average molecular weight is 424 g/mol. The normalized spacial score (nSPS) is 14.8. The number of carbonyl (C=O) groups is 5. The van der Waals surface area contributed by atoms with Crippen LogP contribution in [0.3, 0.4) is 0 Å². The van der Waals surface area contributed by atoms with Gasteiger partial charge in [0.15, 0.2) is 5.78 Å². The van der Waals surface area contributed by atoms with Gasteiger partial charge in [0, 0.05) is 18.2 Å². The second kappa shape index (κ2) is 6.81. The zero-order valence-electron chi connectivity index (χ0n) is 17.2. The molecule has 0 unspecified atom stereocenters. The Kier molecular flexibility index (Phi) is 4.17. The Hall–Kier alpha value is -4.39. The Morgan fingerprint density at radius 1 is 0.656 bits per heavy atom. The molecule has 0 aromatic heterocycles. The van der Waals surface area contributed by atoms with Crippen molar-refractivity contribution in [1.82, 2.24) is 4.90 Å². The largest absolute Gasteiger partial charge is 0.289 e. The van der Waals surface area contributed by atoms with Crippen LogP contribution in [-0.2, 0) is 0 Å². The molecule has 0 bridgehead atoms. The van der Waals surface area contributed by atoms with Gasteiger partial charge in [-0.1, -0.05) is 24.3 Å². The lowest BCUT2D eigenvalue weighted by Gasteiger charge is -2.14. The molecule has 3 aromatic carbocycles. The summed E-state index contributed by atoms with van der Waals surface area (Å²) in [4.78, 5) is 65.3. The van der Waals surface area contributed by atoms with Crippen molar-refractivity contribution >= 4 is 35.1 Å². The molecule has 0 N–H and O–H groups in total. The molecule has 0 fully saturated rings. The van der Waals surface area contributed by atoms with Gasteiger partial charge >= 0.3 is 0 Å². The molecule has 156 valence electrons. The SMILES string of the molecule is Cc1cccc(N2C(=O)c3ccc(C(=O)c4ccc5c(c4)C(=O)N(C)C5=O)cc3C2=O)c1. The molecule has 2 heterocycles. The number of carbonyl (C=O) groups excluding carboxylic acids is 5. The van der Waals surface area contributed by atoms with Gasteiger partial charge in [-0.2, -0.15) is 0 Å². The number of fused-ring (bicyclic) bond motifs is 2. The number of amides is 4. The smallest absolute Gasteiger partial charge is 0.266 e. The maximum atomic E-state index is 13.1. The minimum atomic E-state index is -0.499. The van der Waals surface area contributed by atoms with Gasteiger partial charge in [0.05, 0.1) is 27.9 Å². The number of imide groups is 2. The number of benzene rings is 3. The van der Waals surface area contributed by atoms with Gasteiger partial charge in [0.2, 0.25) is 0 Å². The van der Waals surface area contributed by atoms with Crippen LogP contribution in [0.25, 0.3) is 0 Å². The molecule has 2 aliphatic heterocycles. The van der Waals surface area contributed by atoms with Gasteiger partial charge in [-0.3, -0.25) is 28.9 Å². The maximum absolute atomic E-state index is 13.1. The van der Waals surface area contributed by atoms with E-state index in [4.69, 9.17) is 0 Å². The summed E-state index contributed by atoms with van der Waals surface area (Å²) in [6.45, 7) is 1.87. The van der Waals surface area contributed by atoms with Crippen LogP contribution in [0.15, 0.2) is 60.7 Å². The van der Waals surface area contributed by atoms with Crippen molar-refractivity contribution in [2.45, 2.75) is 6.92 Å². The number of anilines is 1. The molecule has 7 nitrogen and oxygen atoms in total. The number of ketones is 1. The van der Waals surface area contributed by atoms with E-state index in [1.807, 2.05) is 13.0 Å². The van der Waals surface area contributed by atoms with Crippen LogP contribution in [0.2, 0.25) is 0 Å². The van der Waals surface area contributed by atoms with Crippen molar-refractivity contribution in [3.8, 4) is 0 Å². The first-order valence-electron chi connectivity index (χ1n) is 9.88. The van der Waals surface area contributed by atoms with E-state index in [1.54, 1.807) is 18.2 Å². The molecule has 3 aromatic rings. The standard InChI is InChI=1S/C25H16N2O5/c1-13-4-3-5-16(10-13)27-24(31)18-9-7-15(12-20(18)25(27)32)21(28)14-6-8-17-19(11-14)23(30)26(2)22(17)29/h3-12H,1-2H3. The van der Waals surface area contributed by atoms with Crippen molar-refractivity contribution < 1.29 is 24.0 Å². The molecule has 0 spiro atoms. The lowest BCUT2D eigenvalue weighted by atomic mass is 9.96. The summed E-state index contributed by atoms with van der Waals surface area (Å²) in [5.41, 5.74) is 2.59. The van der Waals surface area contributed by atoms with Crippen molar-refractivity contribution in [1.29, 1.82) is 0 Å². The second-order valence-corrected chi connectivity index (χ2v) is 7.80. The summed E-state index contributed by atoms with van der Waals surface area (Å²) in [6, 6.07) is 15.7. The van der Waals surface area contributed by atoms with E-state index >= 15 is 0 Å². The van der Waals surface area contributed by atoms with Crippen LogP contribution in [0.5, 0.6) is 0 Å². The number of aryl methyl sites for hydroxylation is 1. The van der Waals surface area contributed by atoms with Gasteiger partial charge in [0.1, 0.15) is 0 Å². The molecule has 0 saturated carbocycles. The summed E-state index contributed by atoms with van der Waals surface area (Å²) < 4.78 is 0. The van der Waals surface area contributed by atoms with Crippen LogP contribution >= 0.6 is 0 Å². The van der Waals surface area contributed by atoms with Gasteiger partial charge in [-0.15, -0.1) is 0 Å². The molecular weight excluding hydrogens is 408 g/mol. The predicted molar refractivity (Wildman–Crippen MR) is 115 cm³/mol. The van der Waals surface area contributed by atoms with E-state index in [9.17, 15) is 24.0 Å². The molecule has 0 radical (unpaired) electrons. The van der Waals surface area contributed by atoms with Crippen LogP contribution in [0.1, 0.15) is 62.9 Å². The minimum absolute atomic E-state index is 0.148. The van der Waals surface area contributed by atoms with E-state index in [0.29, 0.717) is 5.69 Å². The molecule has 5 rings (SSSR count). The van der Waals surface area contributed by atoms with Gasteiger partial charge in [-0.25, -0.2) is 4.90 Å². The lowest BCUT2D eigenvalue weighted by Crippen LogP contribution is -2.29. The fourth-order valence-corrected chi connectivity index (χ4v) is 4.05. The first-order chi connectivity index (χ1) is 15.3. The third kappa shape index (κ3) is 2.71. The first kappa shape index (κ1) is 19.6. The van der Waals surface area contributed by atoms with Gasteiger partial charge in [-0.05, 0) is 48.9 Å². The van der Waals surface area contributed by atoms with Crippen LogP contribution < -0.4 is 4.90 Å². The summed E-state index contributed by atoms with van der Waals surface area (Å²) in [5, 5.41) is 0. The number of hydrogen-bond donors (Lipinski definition) is 0. The topological polar surface area (TPSA) is 91.8 Å². The highest BCUT2D eigenvalue weighted by Gasteiger charge is 2.37. The van der Waals surface area contributed by atoms with Crippen LogP contribution in [-0.4, -0.2) is 41.4 Å². The fourth-order valence-electron chi connectivity index (χ4n) is 4.05. The van der Waals surface area contributed by atoms with Crippen molar-refractivity contribution in [3.63, 3.8) is 0 Å². The summed E-state index contributed by atoms with van der Waals surface area (Å²) >= 11 is 0. The number of rotatable bonds is 3.